The lowest BCUT2D eigenvalue weighted by Gasteiger charge is -2.31. The van der Waals surface area contributed by atoms with Gasteiger partial charge >= 0.3 is 0 Å². The van der Waals surface area contributed by atoms with E-state index in [2.05, 4.69) is 5.32 Å². The molecule has 0 saturated heterocycles. The first-order valence-electron chi connectivity index (χ1n) is 6.29. The van der Waals surface area contributed by atoms with Crippen LogP contribution in [-0.4, -0.2) is 24.9 Å². The highest BCUT2D eigenvalue weighted by atomic mass is 32.7. The molecule has 1 rings (SSSR count). The molecule has 0 heterocycles. The van der Waals surface area contributed by atoms with Gasteiger partial charge in [0, 0.05) is 19.0 Å². The summed E-state index contributed by atoms with van der Waals surface area (Å²) in [5.74, 6) is -0.329. The lowest BCUT2D eigenvalue weighted by atomic mass is 10.1. The normalized spacial score (nSPS) is 13.2. The summed E-state index contributed by atoms with van der Waals surface area (Å²) < 4.78 is 13.2. The number of carbonyl (C=O) groups excluding carboxylic acids is 1. The first kappa shape index (κ1) is 16.5. The maximum Gasteiger partial charge on any atom is 0.263 e. The Morgan fingerprint density at radius 3 is 2.21 bits per heavy atom. The van der Waals surface area contributed by atoms with Crippen LogP contribution in [0, 0.1) is 19.7 Å². The van der Waals surface area contributed by atoms with Gasteiger partial charge < -0.3 is 17.6 Å². The summed E-state index contributed by atoms with van der Waals surface area (Å²) in [6, 6.07) is 2.86. The topological polar surface area (TPSA) is 29.1 Å². The molecule has 1 amide bonds. The minimum absolute atomic E-state index is 0.0476. The molecule has 0 bridgehead atoms. The molecule has 0 radical (unpaired) electrons. The van der Waals surface area contributed by atoms with Crippen molar-refractivity contribution in [3.05, 3.63) is 29.1 Å². The molecule has 0 spiro atoms. The standard InChI is InChI=1S/C14H21FNOPS/c1-6-12(18(4,5)19)14(17)16-13-9(2)7-11(15)8-10(13)3/h7-8,12H,6H2,1-5H3,(H,16,17). The highest BCUT2D eigenvalue weighted by molar-refractivity contribution is 8.42. The number of hydrogen-bond donors (Lipinski definition) is 1. The van der Waals surface area contributed by atoms with Crippen LogP contribution in [0.3, 0.4) is 0 Å². The highest BCUT2D eigenvalue weighted by Crippen LogP contribution is 2.55. The molecule has 0 saturated carbocycles. The van der Waals surface area contributed by atoms with Crippen molar-refractivity contribution < 1.29 is 9.18 Å². The maximum absolute atomic E-state index is 13.2. The summed E-state index contributed by atoms with van der Waals surface area (Å²) in [6.07, 6.45) is 0.732. The number of rotatable bonds is 4. The van der Waals surface area contributed by atoms with Gasteiger partial charge in [0.05, 0.1) is 0 Å². The molecule has 5 heteroatoms. The van der Waals surface area contributed by atoms with Gasteiger partial charge in [-0.2, -0.15) is 0 Å². The Kier molecular flexibility index (Phi) is 5.40. The summed E-state index contributed by atoms with van der Waals surface area (Å²) >= 11 is 5.47. The van der Waals surface area contributed by atoms with Crippen molar-refractivity contribution in [1.82, 2.24) is 0 Å². The van der Waals surface area contributed by atoms with Crippen LogP contribution in [0.15, 0.2) is 12.1 Å². The first-order chi connectivity index (χ1) is 8.66. The third kappa shape index (κ3) is 4.19. The lowest BCUT2D eigenvalue weighted by Crippen LogP contribution is -2.29. The molecule has 0 aliphatic heterocycles. The largest absolute Gasteiger partial charge is 0.556 e. The molecule has 2 nitrogen and oxygen atoms in total. The fraction of sp³-hybridized carbons (Fsp3) is 0.500. The zero-order chi connectivity index (χ0) is 14.8. The maximum atomic E-state index is 13.2. The van der Waals surface area contributed by atoms with Gasteiger partial charge in [-0.25, -0.2) is 4.39 Å². The van der Waals surface area contributed by atoms with Gasteiger partial charge in [-0.15, -0.1) is 6.46 Å². The first-order valence-corrected chi connectivity index (χ1v) is 10.1. The van der Waals surface area contributed by atoms with E-state index in [1.54, 1.807) is 13.8 Å². The van der Waals surface area contributed by atoms with Crippen molar-refractivity contribution in [1.29, 1.82) is 0 Å². The summed E-state index contributed by atoms with van der Waals surface area (Å²) in [6.45, 7) is 7.87. The van der Waals surface area contributed by atoms with Gasteiger partial charge in [-0.3, -0.25) is 4.79 Å². The summed E-state index contributed by atoms with van der Waals surface area (Å²) in [4.78, 5) is 12.3. The van der Waals surface area contributed by atoms with E-state index in [1.165, 1.54) is 12.1 Å². The third-order valence-electron chi connectivity index (χ3n) is 3.19. The Morgan fingerprint density at radius 1 is 1.37 bits per heavy atom. The van der Waals surface area contributed by atoms with Gasteiger partial charge in [-0.05, 0) is 43.5 Å². The number of hydrogen-bond acceptors (Lipinski definition) is 2. The number of carbonyl (C=O) groups is 1. The molecule has 0 fully saturated rings. The van der Waals surface area contributed by atoms with Gasteiger partial charge in [0.15, 0.2) is 0 Å². The minimum Gasteiger partial charge on any atom is -0.556 e. The van der Waals surface area contributed by atoms with Crippen molar-refractivity contribution in [2.45, 2.75) is 32.9 Å². The lowest BCUT2D eigenvalue weighted by molar-refractivity contribution is -0.115. The predicted molar refractivity (Wildman–Crippen MR) is 84.7 cm³/mol. The molecule has 1 N–H and O–H groups in total. The van der Waals surface area contributed by atoms with Crippen LogP contribution < -0.4 is 5.32 Å². The van der Waals surface area contributed by atoms with E-state index < -0.39 is 6.46 Å². The van der Waals surface area contributed by atoms with E-state index in [1.807, 2.05) is 20.3 Å². The molecule has 1 unspecified atom stereocenters. The minimum atomic E-state index is -1.66. The number of aryl methyl sites for hydroxylation is 2. The van der Waals surface area contributed by atoms with Crippen LogP contribution >= 0.6 is 6.46 Å². The van der Waals surface area contributed by atoms with E-state index in [0.717, 1.165) is 17.5 Å². The van der Waals surface area contributed by atoms with Crippen molar-refractivity contribution in [3.8, 4) is 0 Å². The van der Waals surface area contributed by atoms with Crippen LogP contribution in [0.5, 0.6) is 0 Å². The molecule has 1 aromatic carbocycles. The second-order valence-electron chi connectivity index (χ2n) is 5.26. The Bertz CT molecular complexity index is 462. The van der Waals surface area contributed by atoms with E-state index >= 15 is 0 Å². The Balaban J connectivity index is 3.00. The fourth-order valence-electron chi connectivity index (χ4n) is 2.22. The Hall–Kier alpha value is -0.600. The Morgan fingerprint density at radius 2 is 1.84 bits per heavy atom. The Labute approximate surface area is 120 Å². The number of anilines is 1. The summed E-state index contributed by atoms with van der Waals surface area (Å²) in [5.41, 5.74) is 2.04. The van der Waals surface area contributed by atoms with Gasteiger partial charge in [0.25, 0.3) is 5.91 Å². The summed E-state index contributed by atoms with van der Waals surface area (Å²) in [5, 5.41) is 2.92. The SMILES string of the molecule is CCC(C(=O)Nc1c(C)cc(F)cc1C)[P+](C)(C)[S-]. The van der Waals surface area contributed by atoms with Crippen molar-refractivity contribution in [3.63, 3.8) is 0 Å². The molecule has 0 aromatic heterocycles. The van der Waals surface area contributed by atoms with Crippen molar-refractivity contribution in [2.75, 3.05) is 18.6 Å². The number of amides is 1. The predicted octanol–water partition coefficient (Wildman–Crippen LogP) is 3.90. The van der Waals surface area contributed by atoms with Crippen molar-refractivity contribution >= 4 is 30.3 Å². The summed E-state index contributed by atoms with van der Waals surface area (Å²) in [7, 11) is 0. The van der Waals surface area contributed by atoms with Crippen LogP contribution in [0.2, 0.25) is 0 Å². The van der Waals surface area contributed by atoms with E-state index in [9.17, 15) is 9.18 Å². The molecular formula is C14H21FNOPS. The number of halogens is 1. The second kappa shape index (κ2) is 6.23. The smallest absolute Gasteiger partial charge is 0.263 e. The molecular weight excluding hydrogens is 280 g/mol. The fourth-order valence-corrected chi connectivity index (χ4v) is 4.46. The molecule has 0 aliphatic rings. The van der Waals surface area contributed by atoms with E-state index in [4.69, 9.17) is 12.2 Å². The zero-order valence-electron chi connectivity index (χ0n) is 12.1. The zero-order valence-corrected chi connectivity index (χ0v) is 13.8. The van der Waals surface area contributed by atoms with Crippen molar-refractivity contribution in [2.24, 2.45) is 0 Å². The van der Waals surface area contributed by atoms with Gasteiger partial charge in [-0.1, -0.05) is 6.92 Å². The van der Waals surface area contributed by atoms with Crippen LogP contribution in [-0.2, 0) is 17.0 Å². The average Bonchev–Trinajstić information content (AvgIpc) is 2.22. The monoisotopic (exact) mass is 301 g/mol. The molecule has 1 atom stereocenters. The van der Waals surface area contributed by atoms with Gasteiger partial charge in [0.1, 0.15) is 11.5 Å². The van der Waals surface area contributed by atoms with Gasteiger partial charge in [0.2, 0.25) is 0 Å². The third-order valence-corrected chi connectivity index (χ3v) is 6.05. The average molecular weight is 301 g/mol. The second-order valence-corrected chi connectivity index (χ2v) is 11.6. The van der Waals surface area contributed by atoms with Crippen LogP contribution in [0.1, 0.15) is 24.5 Å². The molecule has 19 heavy (non-hydrogen) atoms. The quantitative estimate of drug-likeness (QED) is 0.675. The van der Waals surface area contributed by atoms with Crippen LogP contribution in [0.4, 0.5) is 10.1 Å². The molecule has 0 aliphatic carbocycles. The number of nitrogens with one attached hydrogen (secondary N) is 1. The van der Waals surface area contributed by atoms with E-state index in [-0.39, 0.29) is 17.4 Å². The number of benzene rings is 1. The van der Waals surface area contributed by atoms with Crippen LogP contribution in [0.25, 0.3) is 0 Å². The molecule has 106 valence electrons. The highest BCUT2D eigenvalue weighted by Gasteiger charge is 2.30. The molecule has 1 aromatic rings. The van der Waals surface area contributed by atoms with E-state index in [0.29, 0.717) is 5.69 Å².